The lowest BCUT2D eigenvalue weighted by atomic mass is 10.2. The van der Waals surface area contributed by atoms with Crippen LogP contribution in [0.1, 0.15) is 11.3 Å². The zero-order chi connectivity index (χ0) is 18.3. The van der Waals surface area contributed by atoms with Crippen LogP contribution >= 0.6 is 0 Å². The van der Waals surface area contributed by atoms with E-state index in [9.17, 15) is 13.2 Å². The van der Waals surface area contributed by atoms with E-state index in [4.69, 9.17) is 4.74 Å². The number of halogens is 3. The second-order valence-electron chi connectivity index (χ2n) is 5.19. The summed E-state index contributed by atoms with van der Waals surface area (Å²) in [6.07, 6.45) is -3.15. The van der Waals surface area contributed by atoms with Crippen molar-refractivity contribution in [2.24, 2.45) is 12.0 Å². The molecule has 1 aromatic carbocycles. The monoisotopic (exact) mass is 355 g/mol. The Kier molecular flexibility index (Phi) is 6.26. The van der Waals surface area contributed by atoms with Gasteiger partial charge >= 0.3 is 6.18 Å². The van der Waals surface area contributed by atoms with Crippen molar-refractivity contribution >= 4 is 5.96 Å². The molecule has 0 bridgehead atoms. The molecule has 0 spiro atoms. The summed E-state index contributed by atoms with van der Waals surface area (Å²) in [6.45, 7) is 0.807. The van der Waals surface area contributed by atoms with E-state index in [1.807, 2.05) is 30.3 Å². The smallest absolute Gasteiger partial charge is 0.435 e. The average molecular weight is 355 g/mol. The molecule has 0 aliphatic carbocycles. The normalized spacial score (nSPS) is 12.1. The Labute approximate surface area is 143 Å². The van der Waals surface area contributed by atoms with Gasteiger partial charge in [0.15, 0.2) is 11.7 Å². The summed E-state index contributed by atoms with van der Waals surface area (Å²) in [7, 11) is 2.99. The maximum Gasteiger partial charge on any atom is 0.435 e. The molecule has 0 aliphatic heterocycles. The number of ether oxygens (including phenoxy) is 1. The van der Waals surface area contributed by atoms with Gasteiger partial charge in [-0.3, -0.25) is 9.67 Å². The van der Waals surface area contributed by atoms with Crippen molar-refractivity contribution in [3.8, 4) is 5.75 Å². The molecule has 0 amide bonds. The third kappa shape index (κ3) is 5.70. The highest BCUT2D eigenvalue weighted by Gasteiger charge is 2.36. The minimum absolute atomic E-state index is 0.0398. The summed E-state index contributed by atoms with van der Waals surface area (Å²) in [5.74, 6) is 1.13. The molecule has 2 aromatic rings. The number of guanidine groups is 1. The van der Waals surface area contributed by atoms with Gasteiger partial charge in [0, 0.05) is 32.4 Å². The summed E-state index contributed by atoms with van der Waals surface area (Å²) in [5.41, 5.74) is -0.844. The van der Waals surface area contributed by atoms with Crippen molar-refractivity contribution < 1.29 is 17.9 Å². The number of alkyl halides is 3. The van der Waals surface area contributed by atoms with Crippen molar-refractivity contribution in [2.75, 3.05) is 20.2 Å². The third-order valence-corrected chi connectivity index (χ3v) is 3.25. The van der Waals surface area contributed by atoms with Crippen molar-refractivity contribution in [3.05, 3.63) is 47.8 Å². The number of aryl methyl sites for hydroxylation is 1. The molecule has 1 aromatic heterocycles. The van der Waals surface area contributed by atoms with Crippen molar-refractivity contribution in [1.29, 1.82) is 0 Å². The second kappa shape index (κ2) is 8.41. The van der Waals surface area contributed by atoms with Gasteiger partial charge in [0.2, 0.25) is 0 Å². The molecule has 0 fully saturated rings. The molecule has 0 saturated carbocycles. The molecule has 25 heavy (non-hydrogen) atoms. The molecule has 136 valence electrons. The largest absolute Gasteiger partial charge is 0.492 e. The quantitative estimate of drug-likeness (QED) is 0.474. The Hall–Kier alpha value is -2.71. The van der Waals surface area contributed by atoms with E-state index in [1.165, 1.54) is 13.2 Å². The van der Waals surface area contributed by atoms with Crippen LogP contribution in [0.5, 0.6) is 5.75 Å². The van der Waals surface area contributed by atoms with Crippen LogP contribution < -0.4 is 15.4 Å². The second-order valence-corrected chi connectivity index (χ2v) is 5.19. The standard InChI is InChI=1S/C16H20F3N5O/c1-20-15(21-8-9-25-13-6-4-3-5-7-13)22-10-12-11-24(2)23-14(12)16(17,18)19/h3-7,11H,8-10H2,1-2H3,(H2,20,21,22). The lowest BCUT2D eigenvalue weighted by molar-refractivity contribution is -0.142. The zero-order valence-corrected chi connectivity index (χ0v) is 14.0. The van der Waals surface area contributed by atoms with Crippen molar-refractivity contribution in [1.82, 2.24) is 20.4 Å². The predicted molar refractivity (Wildman–Crippen MR) is 88.3 cm³/mol. The number of nitrogens with zero attached hydrogens (tertiary/aromatic N) is 3. The zero-order valence-electron chi connectivity index (χ0n) is 14.0. The van der Waals surface area contributed by atoms with Crippen LogP contribution in [-0.4, -0.2) is 35.9 Å². The number of rotatable bonds is 6. The van der Waals surface area contributed by atoms with Crippen LogP contribution in [0.25, 0.3) is 0 Å². The molecule has 0 aliphatic rings. The van der Waals surface area contributed by atoms with Gasteiger partial charge in [-0.05, 0) is 12.1 Å². The Morgan fingerprint density at radius 3 is 2.60 bits per heavy atom. The van der Waals surface area contributed by atoms with E-state index < -0.39 is 11.9 Å². The van der Waals surface area contributed by atoms with Crippen molar-refractivity contribution in [3.63, 3.8) is 0 Å². The van der Waals surface area contributed by atoms with E-state index in [-0.39, 0.29) is 12.1 Å². The topological polar surface area (TPSA) is 63.5 Å². The molecule has 0 saturated heterocycles. The number of para-hydroxylation sites is 1. The molecule has 2 N–H and O–H groups in total. The fraction of sp³-hybridized carbons (Fsp3) is 0.375. The molecular weight excluding hydrogens is 335 g/mol. The van der Waals surface area contributed by atoms with Gasteiger partial charge in [0.1, 0.15) is 12.4 Å². The Morgan fingerprint density at radius 2 is 1.96 bits per heavy atom. The summed E-state index contributed by atoms with van der Waals surface area (Å²) in [6, 6.07) is 9.32. The Morgan fingerprint density at radius 1 is 1.24 bits per heavy atom. The number of aliphatic imine (C=N–C) groups is 1. The third-order valence-electron chi connectivity index (χ3n) is 3.25. The lowest BCUT2D eigenvalue weighted by Crippen LogP contribution is -2.39. The van der Waals surface area contributed by atoms with Crippen LogP contribution in [-0.2, 0) is 19.8 Å². The molecule has 2 rings (SSSR count). The first-order valence-corrected chi connectivity index (χ1v) is 7.62. The highest BCUT2D eigenvalue weighted by Crippen LogP contribution is 2.30. The van der Waals surface area contributed by atoms with E-state index >= 15 is 0 Å². The predicted octanol–water partition coefficient (Wildman–Crippen LogP) is 2.18. The van der Waals surface area contributed by atoms with Gasteiger partial charge in [0.05, 0.1) is 6.54 Å². The molecule has 6 nitrogen and oxygen atoms in total. The maximum absolute atomic E-state index is 12.9. The van der Waals surface area contributed by atoms with Crippen LogP contribution in [0.15, 0.2) is 41.5 Å². The van der Waals surface area contributed by atoms with Gasteiger partial charge in [-0.15, -0.1) is 0 Å². The van der Waals surface area contributed by atoms with E-state index in [1.54, 1.807) is 7.05 Å². The van der Waals surface area contributed by atoms with Gasteiger partial charge in [-0.25, -0.2) is 0 Å². The van der Waals surface area contributed by atoms with Crippen LogP contribution in [0, 0.1) is 0 Å². The minimum Gasteiger partial charge on any atom is -0.492 e. The number of benzene rings is 1. The van der Waals surface area contributed by atoms with Gasteiger partial charge in [0.25, 0.3) is 0 Å². The van der Waals surface area contributed by atoms with Gasteiger partial charge in [-0.1, -0.05) is 18.2 Å². The van der Waals surface area contributed by atoms with Gasteiger partial charge < -0.3 is 15.4 Å². The maximum atomic E-state index is 12.9. The molecule has 0 atom stereocenters. The molecule has 0 unspecified atom stereocenters. The van der Waals surface area contributed by atoms with E-state index in [0.29, 0.717) is 19.1 Å². The number of hydrogen-bond donors (Lipinski definition) is 2. The van der Waals surface area contributed by atoms with Crippen LogP contribution in [0.2, 0.25) is 0 Å². The van der Waals surface area contributed by atoms with Crippen molar-refractivity contribution in [2.45, 2.75) is 12.7 Å². The van der Waals surface area contributed by atoms with Gasteiger partial charge in [-0.2, -0.15) is 18.3 Å². The SMILES string of the molecule is CN=C(NCCOc1ccccc1)NCc1cn(C)nc1C(F)(F)F. The summed E-state index contributed by atoms with van der Waals surface area (Å²) in [4.78, 5) is 3.98. The number of nitrogens with one attached hydrogen (secondary N) is 2. The first-order chi connectivity index (χ1) is 11.9. The first kappa shape index (κ1) is 18.6. The average Bonchev–Trinajstić information content (AvgIpc) is 2.96. The van der Waals surface area contributed by atoms with Crippen LogP contribution in [0.3, 0.4) is 0 Å². The highest BCUT2D eigenvalue weighted by molar-refractivity contribution is 5.79. The highest BCUT2D eigenvalue weighted by atomic mass is 19.4. The summed E-state index contributed by atoms with van der Waals surface area (Å²) >= 11 is 0. The number of aromatic nitrogens is 2. The fourth-order valence-electron chi connectivity index (χ4n) is 2.16. The molecular formula is C16H20F3N5O. The Balaban J connectivity index is 1.81. The Bertz CT molecular complexity index is 698. The fourth-order valence-corrected chi connectivity index (χ4v) is 2.16. The lowest BCUT2D eigenvalue weighted by Gasteiger charge is -2.13. The first-order valence-electron chi connectivity index (χ1n) is 7.62. The number of hydrogen-bond acceptors (Lipinski definition) is 3. The van der Waals surface area contributed by atoms with Crippen LogP contribution in [0.4, 0.5) is 13.2 Å². The summed E-state index contributed by atoms with van der Waals surface area (Å²) in [5, 5.41) is 9.29. The molecule has 9 heteroatoms. The molecule has 0 radical (unpaired) electrons. The van der Waals surface area contributed by atoms with E-state index in [0.717, 1.165) is 10.4 Å². The van der Waals surface area contributed by atoms with E-state index in [2.05, 4.69) is 20.7 Å². The summed E-state index contributed by atoms with van der Waals surface area (Å²) < 4.78 is 45.4. The minimum atomic E-state index is -4.49. The molecule has 1 heterocycles.